The lowest BCUT2D eigenvalue weighted by molar-refractivity contribution is 0.0600. The molecule has 0 spiro atoms. The van der Waals surface area contributed by atoms with Gasteiger partial charge in [0.1, 0.15) is 5.82 Å². The van der Waals surface area contributed by atoms with Crippen LogP contribution < -0.4 is 10.2 Å². The average Bonchev–Trinajstić information content (AvgIpc) is 2.53. The van der Waals surface area contributed by atoms with Crippen LogP contribution in [0.3, 0.4) is 0 Å². The van der Waals surface area contributed by atoms with Gasteiger partial charge in [-0.1, -0.05) is 0 Å². The van der Waals surface area contributed by atoms with E-state index >= 15 is 0 Å². The number of pyridine rings is 1. The maximum Gasteiger partial charge on any atom is 0.338 e. The van der Waals surface area contributed by atoms with E-state index in [0.717, 1.165) is 45.1 Å². The number of hydrogen-bond acceptors (Lipinski definition) is 6. The van der Waals surface area contributed by atoms with Crippen molar-refractivity contribution in [1.82, 2.24) is 15.2 Å². The Hall–Kier alpha value is -1.66. The van der Waals surface area contributed by atoms with E-state index in [1.54, 1.807) is 18.3 Å². The van der Waals surface area contributed by atoms with E-state index in [2.05, 4.69) is 20.1 Å². The third-order valence-corrected chi connectivity index (χ3v) is 3.52. The molecule has 1 N–H and O–H groups in total. The van der Waals surface area contributed by atoms with Crippen molar-refractivity contribution in [1.29, 1.82) is 0 Å². The van der Waals surface area contributed by atoms with Crippen LogP contribution in [-0.2, 0) is 4.74 Å². The SMILES string of the molecule is COC(=O)c1ccnc(N(C)CCN2CCNCC2)c1. The molecule has 1 aliphatic heterocycles. The molecule has 0 saturated carbocycles. The van der Waals surface area contributed by atoms with Gasteiger partial charge >= 0.3 is 5.97 Å². The summed E-state index contributed by atoms with van der Waals surface area (Å²) >= 11 is 0. The molecule has 1 saturated heterocycles. The smallest absolute Gasteiger partial charge is 0.338 e. The molecule has 1 aromatic heterocycles. The van der Waals surface area contributed by atoms with Gasteiger partial charge in [-0.15, -0.1) is 0 Å². The number of hydrogen-bond donors (Lipinski definition) is 1. The van der Waals surface area contributed by atoms with Gasteiger partial charge in [0, 0.05) is 52.5 Å². The van der Waals surface area contributed by atoms with Gasteiger partial charge in [-0.3, -0.25) is 4.90 Å². The molecule has 20 heavy (non-hydrogen) atoms. The summed E-state index contributed by atoms with van der Waals surface area (Å²) in [5.41, 5.74) is 0.534. The first-order valence-corrected chi connectivity index (χ1v) is 6.89. The normalized spacial score (nSPS) is 15.9. The van der Waals surface area contributed by atoms with Crippen LogP contribution in [0.25, 0.3) is 0 Å². The van der Waals surface area contributed by atoms with E-state index in [4.69, 9.17) is 4.74 Å². The summed E-state index contributed by atoms with van der Waals surface area (Å²) in [7, 11) is 3.38. The first-order valence-electron chi connectivity index (χ1n) is 6.89. The maximum atomic E-state index is 11.5. The molecular formula is C14H22N4O2. The van der Waals surface area contributed by atoms with E-state index in [0.29, 0.717) is 5.56 Å². The van der Waals surface area contributed by atoms with E-state index in [1.165, 1.54) is 7.11 Å². The van der Waals surface area contributed by atoms with Crippen LogP contribution in [0, 0.1) is 0 Å². The molecule has 0 radical (unpaired) electrons. The molecule has 0 aliphatic carbocycles. The number of likely N-dealkylation sites (N-methyl/N-ethyl adjacent to an activating group) is 1. The van der Waals surface area contributed by atoms with E-state index < -0.39 is 0 Å². The zero-order chi connectivity index (χ0) is 14.4. The van der Waals surface area contributed by atoms with Gasteiger partial charge in [0.25, 0.3) is 0 Å². The molecule has 1 aromatic rings. The molecule has 0 amide bonds. The van der Waals surface area contributed by atoms with Gasteiger partial charge in [-0.25, -0.2) is 9.78 Å². The highest BCUT2D eigenvalue weighted by Gasteiger charge is 2.12. The quantitative estimate of drug-likeness (QED) is 0.777. The summed E-state index contributed by atoms with van der Waals surface area (Å²) in [6, 6.07) is 3.43. The van der Waals surface area contributed by atoms with Gasteiger partial charge in [0.2, 0.25) is 0 Å². The molecule has 0 aromatic carbocycles. The van der Waals surface area contributed by atoms with Gasteiger partial charge in [0.05, 0.1) is 12.7 Å². The Morgan fingerprint density at radius 1 is 1.50 bits per heavy atom. The largest absolute Gasteiger partial charge is 0.465 e. The predicted octanol–water partition coefficient (Wildman–Crippen LogP) is 0.210. The third-order valence-electron chi connectivity index (χ3n) is 3.52. The van der Waals surface area contributed by atoms with Crippen LogP contribution in [0.4, 0.5) is 5.82 Å². The van der Waals surface area contributed by atoms with Gasteiger partial charge in [-0.05, 0) is 12.1 Å². The number of carbonyl (C=O) groups is 1. The maximum absolute atomic E-state index is 11.5. The Balaban J connectivity index is 1.91. The minimum atomic E-state index is -0.329. The second kappa shape index (κ2) is 7.21. The summed E-state index contributed by atoms with van der Waals surface area (Å²) in [5, 5.41) is 3.34. The van der Waals surface area contributed by atoms with Crippen LogP contribution in [0.15, 0.2) is 18.3 Å². The summed E-state index contributed by atoms with van der Waals surface area (Å²) in [6.45, 7) is 6.17. The Bertz CT molecular complexity index is 447. The lowest BCUT2D eigenvalue weighted by Gasteiger charge is -2.29. The molecule has 0 unspecified atom stereocenters. The van der Waals surface area contributed by atoms with Crippen molar-refractivity contribution in [2.75, 3.05) is 58.3 Å². The summed E-state index contributed by atoms with van der Waals surface area (Å²) < 4.78 is 4.73. The van der Waals surface area contributed by atoms with E-state index in [1.807, 2.05) is 7.05 Å². The number of carbonyl (C=O) groups excluding carboxylic acids is 1. The van der Waals surface area contributed by atoms with E-state index in [9.17, 15) is 4.79 Å². The highest BCUT2D eigenvalue weighted by Crippen LogP contribution is 2.12. The molecule has 2 heterocycles. The lowest BCUT2D eigenvalue weighted by Crippen LogP contribution is -2.46. The number of piperazine rings is 1. The predicted molar refractivity (Wildman–Crippen MR) is 78.2 cm³/mol. The fourth-order valence-corrected chi connectivity index (χ4v) is 2.21. The topological polar surface area (TPSA) is 57.7 Å². The van der Waals surface area contributed by atoms with Crippen molar-refractivity contribution in [3.8, 4) is 0 Å². The van der Waals surface area contributed by atoms with Crippen molar-refractivity contribution < 1.29 is 9.53 Å². The van der Waals surface area contributed by atoms with E-state index in [-0.39, 0.29) is 5.97 Å². The molecule has 1 fully saturated rings. The minimum Gasteiger partial charge on any atom is -0.465 e. The molecule has 6 nitrogen and oxygen atoms in total. The van der Waals surface area contributed by atoms with Crippen LogP contribution in [0.2, 0.25) is 0 Å². The fraction of sp³-hybridized carbons (Fsp3) is 0.571. The average molecular weight is 278 g/mol. The molecule has 110 valence electrons. The summed E-state index contributed by atoms with van der Waals surface area (Å²) in [5.74, 6) is 0.465. The lowest BCUT2D eigenvalue weighted by atomic mass is 10.2. The Kier molecular flexibility index (Phi) is 5.31. The van der Waals surface area contributed by atoms with Crippen LogP contribution in [-0.4, -0.2) is 69.3 Å². The fourth-order valence-electron chi connectivity index (χ4n) is 2.21. The second-order valence-electron chi connectivity index (χ2n) is 4.91. The molecule has 2 rings (SSSR count). The number of anilines is 1. The van der Waals surface area contributed by atoms with Crippen LogP contribution in [0.1, 0.15) is 10.4 Å². The minimum absolute atomic E-state index is 0.329. The van der Waals surface area contributed by atoms with Crippen molar-refractivity contribution in [2.24, 2.45) is 0 Å². The molecule has 1 aliphatic rings. The zero-order valence-corrected chi connectivity index (χ0v) is 12.1. The number of nitrogens with one attached hydrogen (secondary N) is 1. The Morgan fingerprint density at radius 2 is 2.25 bits per heavy atom. The summed E-state index contributed by atoms with van der Waals surface area (Å²) in [6.07, 6.45) is 1.64. The van der Waals surface area contributed by atoms with Crippen LogP contribution in [0.5, 0.6) is 0 Å². The highest BCUT2D eigenvalue weighted by molar-refractivity contribution is 5.90. The number of esters is 1. The van der Waals surface area contributed by atoms with Crippen molar-refractivity contribution >= 4 is 11.8 Å². The molecular weight excluding hydrogens is 256 g/mol. The van der Waals surface area contributed by atoms with Gasteiger partial charge < -0.3 is 15.0 Å². The first-order chi connectivity index (χ1) is 9.70. The zero-order valence-electron chi connectivity index (χ0n) is 12.1. The van der Waals surface area contributed by atoms with Gasteiger partial charge in [-0.2, -0.15) is 0 Å². The standard InChI is InChI=1S/C14H22N4O2/c1-17(9-10-18-7-5-15-6-8-18)13-11-12(3-4-16-13)14(19)20-2/h3-4,11,15H,5-10H2,1-2H3. The van der Waals surface area contributed by atoms with Crippen molar-refractivity contribution in [3.63, 3.8) is 0 Å². The third kappa shape index (κ3) is 3.91. The number of ether oxygens (including phenoxy) is 1. The summed E-state index contributed by atoms with van der Waals surface area (Å²) in [4.78, 5) is 20.3. The van der Waals surface area contributed by atoms with Crippen molar-refractivity contribution in [3.05, 3.63) is 23.9 Å². The molecule has 0 atom stereocenters. The highest BCUT2D eigenvalue weighted by atomic mass is 16.5. The Morgan fingerprint density at radius 3 is 2.95 bits per heavy atom. The number of aromatic nitrogens is 1. The monoisotopic (exact) mass is 278 g/mol. The number of nitrogens with zero attached hydrogens (tertiary/aromatic N) is 3. The van der Waals surface area contributed by atoms with Crippen molar-refractivity contribution in [2.45, 2.75) is 0 Å². The number of rotatable bonds is 5. The Labute approximate surface area is 119 Å². The second-order valence-corrected chi connectivity index (χ2v) is 4.91. The number of methoxy groups -OCH3 is 1. The van der Waals surface area contributed by atoms with Crippen LogP contribution >= 0.6 is 0 Å². The van der Waals surface area contributed by atoms with Gasteiger partial charge in [0.15, 0.2) is 0 Å². The molecule has 6 heteroatoms. The molecule has 0 bridgehead atoms. The first kappa shape index (κ1) is 14.7.